The third kappa shape index (κ3) is 4.60. The predicted octanol–water partition coefficient (Wildman–Crippen LogP) is 3.00. The van der Waals surface area contributed by atoms with E-state index in [1.54, 1.807) is 44.6 Å². The maximum Gasteiger partial charge on any atom is 0.280 e. The number of nitrogens with one attached hydrogen (secondary N) is 1. The Morgan fingerprint density at radius 1 is 1.19 bits per heavy atom. The third-order valence-electron chi connectivity index (χ3n) is 5.01. The van der Waals surface area contributed by atoms with Gasteiger partial charge < -0.3 is 19.6 Å². The zero-order chi connectivity index (χ0) is 22.9. The first-order valence-corrected chi connectivity index (χ1v) is 10.3. The fourth-order valence-corrected chi connectivity index (χ4v) is 3.47. The number of carbonyl (C=O) groups is 1. The number of hydrogen-bond donors (Lipinski definition) is 2. The Balaban J connectivity index is 1.80. The smallest absolute Gasteiger partial charge is 0.280 e. The highest BCUT2D eigenvalue weighted by Crippen LogP contribution is 2.20. The second-order valence-corrected chi connectivity index (χ2v) is 8.53. The number of H-pyrrole nitrogens is 1. The monoisotopic (exact) mass is 430 g/mol. The number of anilines is 1. The van der Waals surface area contributed by atoms with Crippen LogP contribution >= 0.6 is 0 Å². The Bertz CT molecular complexity index is 1330. The molecule has 1 aromatic carbocycles. The van der Waals surface area contributed by atoms with Gasteiger partial charge in [-0.2, -0.15) is 4.99 Å². The lowest BCUT2D eigenvalue weighted by molar-refractivity contribution is 0.0612. The number of aliphatic hydroxyl groups is 1. The number of aromatic amines is 1. The molecule has 0 unspecified atom stereocenters. The van der Waals surface area contributed by atoms with Gasteiger partial charge in [-0.3, -0.25) is 14.8 Å². The minimum absolute atomic E-state index is 0.276. The molecular formula is C24H26N6O2. The molecule has 2 N–H and O–H groups in total. The van der Waals surface area contributed by atoms with Crippen molar-refractivity contribution in [1.82, 2.24) is 19.5 Å². The fourth-order valence-electron chi connectivity index (χ4n) is 3.47. The van der Waals surface area contributed by atoms with Crippen molar-refractivity contribution in [2.24, 2.45) is 4.99 Å². The van der Waals surface area contributed by atoms with Crippen molar-refractivity contribution in [2.45, 2.75) is 26.0 Å². The highest BCUT2D eigenvalue weighted by atomic mass is 16.3. The van der Waals surface area contributed by atoms with Gasteiger partial charge in [0.25, 0.3) is 5.91 Å². The number of imidazole rings is 1. The number of benzene rings is 1. The van der Waals surface area contributed by atoms with Crippen LogP contribution in [0.3, 0.4) is 0 Å². The maximum absolute atomic E-state index is 13.1. The van der Waals surface area contributed by atoms with Crippen LogP contribution in [0.15, 0.2) is 66.0 Å². The molecule has 8 heteroatoms. The van der Waals surface area contributed by atoms with Crippen LogP contribution in [-0.4, -0.2) is 50.2 Å². The lowest BCUT2D eigenvalue weighted by atomic mass is 10.1. The highest BCUT2D eigenvalue weighted by Gasteiger charge is 2.18. The van der Waals surface area contributed by atoms with Crippen molar-refractivity contribution >= 4 is 22.6 Å². The number of pyridine rings is 2. The van der Waals surface area contributed by atoms with E-state index >= 15 is 0 Å². The number of hydrogen-bond acceptors (Lipinski definition) is 5. The van der Waals surface area contributed by atoms with E-state index in [1.165, 1.54) is 0 Å². The van der Waals surface area contributed by atoms with Gasteiger partial charge in [0.15, 0.2) is 0 Å². The summed E-state index contributed by atoms with van der Waals surface area (Å²) >= 11 is 0. The van der Waals surface area contributed by atoms with E-state index in [-0.39, 0.29) is 6.54 Å². The quantitative estimate of drug-likeness (QED) is 0.507. The number of fused-ring (bicyclic) bond motifs is 1. The summed E-state index contributed by atoms with van der Waals surface area (Å²) in [6.07, 6.45) is 4.97. The van der Waals surface area contributed by atoms with E-state index in [4.69, 9.17) is 0 Å². The van der Waals surface area contributed by atoms with Gasteiger partial charge in [-0.05, 0) is 56.3 Å². The summed E-state index contributed by atoms with van der Waals surface area (Å²) in [6, 6.07) is 13.0. The minimum atomic E-state index is -0.989. The number of rotatable bonds is 5. The van der Waals surface area contributed by atoms with Crippen molar-refractivity contribution in [1.29, 1.82) is 0 Å². The normalized spacial score (nSPS) is 12.3. The fraction of sp³-hybridized carbons (Fsp3) is 0.250. The summed E-state index contributed by atoms with van der Waals surface area (Å²) in [5.41, 5.74) is 3.98. The van der Waals surface area contributed by atoms with E-state index in [1.807, 2.05) is 53.9 Å². The van der Waals surface area contributed by atoms with Crippen molar-refractivity contribution in [2.75, 3.05) is 19.0 Å². The molecule has 0 radical (unpaired) electrons. The molecule has 0 bridgehead atoms. The van der Waals surface area contributed by atoms with Crippen LogP contribution in [0.5, 0.6) is 0 Å². The summed E-state index contributed by atoms with van der Waals surface area (Å²) in [5.74, 6) is -0.401. The molecule has 0 aliphatic rings. The zero-order valence-electron chi connectivity index (χ0n) is 18.6. The van der Waals surface area contributed by atoms with Gasteiger partial charge >= 0.3 is 0 Å². The first-order chi connectivity index (χ1) is 15.2. The van der Waals surface area contributed by atoms with Crippen LogP contribution in [0.1, 0.15) is 24.2 Å². The Kier molecular flexibility index (Phi) is 5.63. The Morgan fingerprint density at radius 2 is 2.00 bits per heavy atom. The van der Waals surface area contributed by atoms with Gasteiger partial charge in [-0.25, -0.2) is 0 Å². The molecule has 8 nitrogen and oxygen atoms in total. The van der Waals surface area contributed by atoms with Crippen LogP contribution < -0.4 is 10.5 Å². The highest BCUT2D eigenvalue weighted by molar-refractivity contribution is 5.95. The molecule has 1 amide bonds. The standard InChI is InChI=1S/C24H26N6O2/c1-24(2,32)15-30-21-8-7-18(29(3)4)13-20(21)27-23(30)28-22(31)16-9-11-26-19(12-16)17-6-5-10-25-14-17/h5-14,32H,15H2,1-4H3,(H,27,28,31). The van der Waals surface area contributed by atoms with Gasteiger partial charge in [0.05, 0.1) is 28.9 Å². The van der Waals surface area contributed by atoms with Gasteiger partial charge in [0.1, 0.15) is 0 Å². The second-order valence-electron chi connectivity index (χ2n) is 8.53. The van der Waals surface area contributed by atoms with Gasteiger partial charge in [-0.1, -0.05) is 0 Å². The van der Waals surface area contributed by atoms with Crippen molar-refractivity contribution in [3.8, 4) is 11.3 Å². The number of nitrogens with zero attached hydrogens (tertiary/aromatic N) is 5. The van der Waals surface area contributed by atoms with Gasteiger partial charge in [0, 0.05) is 49.5 Å². The molecule has 0 aliphatic carbocycles. The summed E-state index contributed by atoms with van der Waals surface area (Å²) in [4.78, 5) is 31.1. The lowest BCUT2D eigenvalue weighted by Crippen LogP contribution is -2.32. The van der Waals surface area contributed by atoms with Crippen molar-refractivity contribution in [3.63, 3.8) is 0 Å². The first kappa shape index (κ1) is 21.5. The molecule has 0 saturated heterocycles. The molecule has 0 spiro atoms. The predicted molar refractivity (Wildman–Crippen MR) is 124 cm³/mol. The summed E-state index contributed by atoms with van der Waals surface area (Å²) in [5, 5.41) is 10.4. The molecule has 3 aromatic heterocycles. The largest absolute Gasteiger partial charge is 0.389 e. The molecular weight excluding hydrogens is 404 g/mol. The van der Waals surface area contributed by atoms with Crippen LogP contribution in [0, 0.1) is 0 Å². The summed E-state index contributed by atoms with van der Waals surface area (Å²) < 4.78 is 1.83. The maximum atomic E-state index is 13.1. The van der Waals surface area contributed by atoms with Gasteiger partial charge in [0.2, 0.25) is 5.62 Å². The Morgan fingerprint density at radius 3 is 2.69 bits per heavy atom. The van der Waals surface area contributed by atoms with E-state index in [2.05, 4.69) is 19.9 Å². The number of aromatic nitrogens is 4. The molecule has 3 heterocycles. The third-order valence-corrected chi connectivity index (χ3v) is 5.01. The van der Waals surface area contributed by atoms with Crippen LogP contribution in [-0.2, 0) is 6.54 Å². The molecule has 32 heavy (non-hydrogen) atoms. The average molecular weight is 431 g/mol. The van der Waals surface area contributed by atoms with Crippen LogP contribution in [0.25, 0.3) is 22.3 Å². The van der Waals surface area contributed by atoms with E-state index in [9.17, 15) is 9.90 Å². The second kappa shape index (κ2) is 8.39. The summed E-state index contributed by atoms with van der Waals surface area (Å²) in [7, 11) is 3.93. The molecule has 4 aromatic rings. The van der Waals surface area contributed by atoms with E-state index in [0.717, 1.165) is 22.3 Å². The van der Waals surface area contributed by atoms with E-state index in [0.29, 0.717) is 16.9 Å². The number of amides is 1. The molecule has 0 fully saturated rings. The number of carbonyl (C=O) groups excluding carboxylic acids is 1. The van der Waals surface area contributed by atoms with Crippen molar-refractivity contribution < 1.29 is 9.90 Å². The zero-order valence-corrected chi connectivity index (χ0v) is 18.6. The minimum Gasteiger partial charge on any atom is -0.389 e. The molecule has 164 valence electrons. The molecule has 0 saturated carbocycles. The SMILES string of the molecule is CN(C)c1ccc2c(c1)[nH]/c(=N\C(=O)c1ccnc(-c3cccnc3)c1)n2CC(C)(C)O. The van der Waals surface area contributed by atoms with E-state index < -0.39 is 11.5 Å². The van der Waals surface area contributed by atoms with Crippen LogP contribution in [0.4, 0.5) is 5.69 Å². The van der Waals surface area contributed by atoms with Gasteiger partial charge in [-0.15, -0.1) is 0 Å². The van der Waals surface area contributed by atoms with Crippen molar-refractivity contribution in [3.05, 3.63) is 72.2 Å². The molecule has 0 atom stereocenters. The lowest BCUT2D eigenvalue weighted by Gasteiger charge is -2.18. The summed E-state index contributed by atoms with van der Waals surface area (Å²) in [6.45, 7) is 3.72. The topological polar surface area (TPSA) is 99.4 Å². The first-order valence-electron chi connectivity index (χ1n) is 10.3. The van der Waals surface area contributed by atoms with Crippen LogP contribution in [0.2, 0.25) is 0 Å². The Labute approximate surface area is 185 Å². The molecule has 4 rings (SSSR count). The average Bonchev–Trinajstić information content (AvgIpc) is 3.09. The Hall–Kier alpha value is -3.78. The molecule has 0 aliphatic heterocycles.